The first-order chi connectivity index (χ1) is 8.97. The molecule has 0 radical (unpaired) electrons. The van der Waals surface area contributed by atoms with Gasteiger partial charge in [0.05, 0.1) is 19.8 Å². The predicted octanol–water partition coefficient (Wildman–Crippen LogP) is 1.32. The van der Waals surface area contributed by atoms with Crippen molar-refractivity contribution in [3.8, 4) is 0 Å². The van der Waals surface area contributed by atoms with E-state index in [4.69, 9.17) is 10.5 Å². The van der Waals surface area contributed by atoms with Gasteiger partial charge in [0, 0.05) is 23.5 Å². The number of carbonyl (C=O) groups is 1. The summed E-state index contributed by atoms with van der Waals surface area (Å²) in [6, 6.07) is 7.20. The maximum absolute atomic E-state index is 12.0. The average Bonchev–Trinajstić information content (AvgIpc) is 2.32. The lowest BCUT2D eigenvalue weighted by Crippen LogP contribution is -2.55. The molecule has 3 N–H and O–H groups in total. The van der Waals surface area contributed by atoms with Gasteiger partial charge in [-0.05, 0) is 32.0 Å². The zero-order chi connectivity index (χ0) is 13.9. The second kappa shape index (κ2) is 5.59. The van der Waals surface area contributed by atoms with Crippen molar-refractivity contribution in [3.05, 3.63) is 24.3 Å². The molecule has 1 heterocycles. The Morgan fingerprint density at radius 1 is 1.53 bits per heavy atom. The van der Waals surface area contributed by atoms with Crippen molar-refractivity contribution >= 4 is 17.3 Å². The fourth-order valence-corrected chi connectivity index (χ4v) is 2.17. The maximum atomic E-state index is 12.0. The quantitative estimate of drug-likeness (QED) is 0.807. The number of hydrogen-bond donors (Lipinski definition) is 2. The monoisotopic (exact) mass is 263 g/mol. The minimum atomic E-state index is -0.106. The van der Waals surface area contributed by atoms with E-state index in [-0.39, 0.29) is 11.4 Å². The molecule has 0 bridgehead atoms. The molecule has 0 spiro atoms. The van der Waals surface area contributed by atoms with Crippen LogP contribution in [0.5, 0.6) is 0 Å². The molecule has 19 heavy (non-hydrogen) atoms. The van der Waals surface area contributed by atoms with E-state index >= 15 is 0 Å². The molecule has 1 aromatic carbocycles. The van der Waals surface area contributed by atoms with Gasteiger partial charge in [-0.2, -0.15) is 0 Å². The number of rotatable bonds is 3. The van der Waals surface area contributed by atoms with Crippen molar-refractivity contribution in [2.45, 2.75) is 19.4 Å². The van der Waals surface area contributed by atoms with Gasteiger partial charge in [0.15, 0.2) is 0 Å². The molecule has 0 aromatic heterocycles. The number of nitrogens with two attached hydrogens (primary N) is 1. The van der Waals surface area contributed by atoms with Crippen molar-refractivity contribution in [2.24, 2.45) is 0 Å². The summed E-state index contributed by atoms with van der Waals surface area (Å²) in [6.07, 6.45) is 0. The molecule has 5 heteroatoms. The maximum Gasteiger partial charge on any atom is 0.238 e. The molecular weight excluding hydrogens is 242 g/mol. The van der Waals surface area contributed by atoms with E-state index in [2.05, 4.69) is 24.1 Å². The van der Waals surface area contributed by atoms with Crippen LogP contribution in [0.25, 0.3) is 0 Å². The molecular formula is C14H21N3O2. The lowest BCUT2D eigenvalue weighted by Gasteiger charge is -2.41. The lowest BCUT2D eigenvalue weighted by atomic mass is 10.0. The highest BCUT2D eigenvalue weighted by Crippen LogP contribution is 2.19. The second-order valence-electron chi connectivity index (χ2n) is 5.46. The first-order valence-electron chi connectivity index (χ1n) is 6.45. The topological polar surface area (TPSA) is 67.6 Å². The summed E-state index contributed by atoms with van der Waals surface area (Å²) >= 11 is 0. The Balaban J connectivity index is 1.94. The molecule has 1 saturated heterocycles. The summed E-state index contributed by atoms with van der Waals surface area (Å²) in [7, 11) is 0. The largest absolute Gasteiger partial charge is 0.399 e. The van der Waals surface area contributed by atoms with Crippen LogP contribution in [0.1, 0.15) is 13.8 Å². The van der Waals surface area contributed by atoms with Gasteiger partial charge in [-0.3, -0.25) is 9.69 Å². The van der Waals surface area contributed by atoms with Gasteiger partial charge in [-0.25, -0.2) is 0 Å². The Bertz CT molecular complexity index is 460. The number of benzene rings is 1. The third kappa shape index (κ3) is 3.68. The average molecular weight is 263 g/mol. The third-order valence-electron chi connectivity index (χ3n) is 3.32. The molecule has 2 rings (SSSR count). The zero-order valence-electron chi connectivity index (χ0n) is 11.5. The van der Waals surface area contributed by atoms with Crippen LogP contribution in [-0.2, 0) is 9.53 Å². The van der Waals surface area contributed by atoms with Crippen LogP contribution in [0.15, 0.2) is 24.3 Å². The van der Waals surface area contributed by atoms with Crippen LogP contribution in [-0.4, -0.2) is 42.6 Å². The number of hydrogen-bond acceptors (Lipinski definition) is 4. The van der Waals surface area contributed by atoms with Gasteiger partial charge in [-0.1, -0.05) is 6.07 Å². The van der Waals surface area contributed by atoms with Crippen LogP contribution < -0.4 is 11.1 Å². The fraction of sp³-hybridized carbons (Fsp3) is 0.500. The number of ether oxygens (including phenoxy) is 1. The second-order valence-corrected chi connectivity index (χ2v) is 5.46. The number of carbonyl (C=O) groups excluding carboxylic acids is 1. The lowest BCUT2D eigenvalue weighted by molar-refractivity contribution is -0.122. The first-order valence-corrected chi connectivity index (χ1v) is 6.45. The molecule has 1 fully saturated rings. The molecule has 5 nitrogen and oxygen atoms in total. The first kappa shape index (κ1) is 13.8. The van der Waals surface area contributed by atoms with E-state index in [1.807, 2.05) is 12.1 Å². The molecule has 0 saturated carbocycles. The fourth-order valence-electron chi connectivity index (χ4n) is 2.17. The summed E-state index contributed by atoms with van der Waals surface area (Å²) in [6.45, 7) is 6.63. The van der Waals surface area contributed by atoms with Gasteiger partial charge in [-0.15, -0.1) is 0 Å². The van der Waals surface area contributed by atoms with Gasteiger partial charge < -0.3 is 15.8 Å². The zero-order valence-corrected chi connectivity index (χ0v) is 11.5. The third-order valence-corrected chi connectivity index (χ3v) is 3.32. The van der Waals surface area contributed by atoms with Crippen molar-refractivity contribution in [1.29, 1.82) is 0 Å². The van der Waals surface area contributed by atoms with E-state index < -0.39 is 0 Å². The minimum absolute atomic E-state index is 0.0272. The SMILES string of the molecule is CC1(C)COCCN1CC(=O)Nc1cccc(N)c1. The van der Waals surface area contributed by atoms with Gasteiger partial charge in [0.2, 0.25) is 5.91 Å². The molecule has 0 aliphatic carbocycles. The normalized spacial score (nSPS) is 19.1. The van der Waals surface area contributed by atoms with Gasteiger partial charge in [0.1, 0.15) is 0 Å². The molecule has 104 valence electrons. The molecule has 1 aliphatic rings. The summed E-state index contributed by atoms with van der Waals surface area (Å²) in [4.78, 5) is 14.2. The van der Waals surface area contributed by atoms with E-state index in [9.17, 15) is 4.79 Å². The van der Waals surface area contributed by atoms with E-state index in [1.54, 1.807) is 12.1 Å². The van der Waals surface area contributed by atoms with Gasteiger partial charge >= 0.3 is 0 Å². The molecule has 1 amide bonds. The van der Waals surface area contributed by atoms with Crippen molar-refractivity contribution in [2.75, 3.05) is 37.4 Å². The van der Waals surface area contributed by atoms with Crippen LogP contribution >= 0.6 is 0 Å². The number of nitrogen functional groups attached to an aromatic ring is 1. The standard InChI is InChI=1S/C14H21N3O2/c1-14(2)10-19-7-6-17(14)9-13(18)16-12-5-3-4-11(15)8-12/h3-5,8H,6-7,9-10,15H2,1-2H3,(H,16,18). The smallest absolute Gasteiger partial charge is 0.238 e. The highest BCUT2D eigenvalue weighted by atomic mass is 16.5. The van der Waals surface area contributed by atoms with E-state index in [0.717, 1.165) is 12.2 Å². The van der Waals surface area contributed by atoms with Crippen LogP contribution in [0.3, 0.4) is 0 Å². The highest BCUT2D eigenvalue weighted by molar-refractivity contribution is 5.92. The highest BCUT2D eigenvalue weighted by Gasteiger charge is 2.31. The molecule has 1 aromatic rings. The summed E-state index contributed by atoms with van der Waals surface area (Å²) < 4.78 is 5.44. The van der Waals surface area contributed by atoms with Crippen LogP contribution in [0, 0.1) is 0 Å². The Morgan fingerprint density at radius 2 is 2.32 bits per heavy atom. The van der Waals surface area contributed by atoms with Crippen molar-refractivity contribution < 1.29 is 9.53 Å². The van der Waals surface area contributed by atoms with Gasteiger partial charge in [0.25, 0.3) is 0 Å². The minimum Gasteiger partial charge on any atom is -0.399 e. The van der Waals surface area contributed by atoms with E-state index in [0.29, 0.717) is 25.4 Å². The summed E-state index contributed by atoms with van der Waals surface area (Å²) in [5.74, 6) is -0.0272. The number of amides is 1. The number of nitrogens with one attached hydrogen (secondary N) is 1. The molecule has 0 atom stereocenters. The summed E-state index contributed by atoms with van der Waals surface area (Å²) in [5.41, 5.74) is 6.95. The number of morpholine rings is 1. The Hall–Kier alpha value is -1.59. The van der Waals surface area contributed by atoms with Crippen molar-refractivity contribution in [3.63, 3.8) is 0 Å². The van der Waals surface area contributed by atoms with E-state index in [1.165, 1.54) is 0 Å². The molecule has 0 unspecified atom stereocenters. The number of nitrogens with zero attached hydrogens (tertiary/aromatic N) is 1. The number of anilines is 2. The molecule has 1 aliphatic heterocycles. The van der Waals surface area contributed by atoms with Crippen LogP contribution in [0.4, 0.5) is 11.4 Å². The Labute approximate surface area is 113 Å². The van der Waals surface area contributed by atoms with Crippen molar-refractivity contribution in [1.82, 2.24) is 4.90 Å². The Morgan fingerprint density at radius 3 is 3.00 bits per heavy atom. The predicted molar refractivity (Wildman–Crippen MR) is 76.0 cm³/mol. The summed E-state index contributed by atoms with van der Waals surface area (Å²) in [5, 5.41) is 2.87. The Kier molecular flexibility index (Phi) is 4.07. The van der Waals surface area contributed by atoms with Crippen LogP contribution in [0.2, 0.25) is 0 Å².